The lowest BCUT2D eigenvalue weighted by molar-refractivity contribution is -0.125. The second kappa shape index (κ2) is 5.06. The van der Waals surface area contributed by atoms with Gasteiger partial charge in [0, 0.05) is 29.6 Å². The van der Waals surface area contributed by atoms with Crippen LogP contribution in [-0.4, -0.2) is 16.4 Å². The van der Waals surface area contributed by atoms with E-state index in [4.69, 9.17) is 0 Å². The van der Waals surface area contributed by atoms with Gasteiger partial charge >= 0.3 is 0 Å². The van der Waals surface area contributed by atoms with Crippen LogP contribution in [0, 0.1) is 5.92 Å². The van der Waals surface area contributed by atoms with Crippen LogP contribution in [0.25, 0.3) is 10.9 Å². The summed E-state index contributed by atoms with van der Waals surface area (Å²) in [5.41, 5.74) is 4.51. The van der Waals surface area contributed by atoms with Gasteiger partial charge in [-0.05, 0) is 23.6 Å². The first-order chi connectivity index (χ1) is 12.2. The molecule has 2 heterocycles. The quantitative estimate of drug-likeness (QED) is 0.697. The summed E-state index contributed by atoms with van der Waals surface area (Å²) in [6.45, 7) is 0. The van der Waals surface area contributed by atoms with Crippen LogP contribution in [0.1, 0.15) is 35.1 Å². The molecule has 0 spiro atoms. The fourth-order valence-electron chi connectivity index (χ4n) is 4.74. The minimum atomic E-state index is -0.367. The molecule has 1 aliphatic carbocycles. The Morgan fingerprint density at radius 2 is 1.68 bits per heavy atom. The second-order valence-electron chi connectivity index (χ2n) is 7.01. The molecule has 124 valence electrons. The number of fused-ring (bicyclic) bond motifs is 5. The van der Waals surface area contributed by atoms with Gasteiger partial charge in [-0.2, -0.15) is 0 Å². The van der Waals surface area contributed by atoms with Crippen LogP contribution in [-0.2, 0) is 16.6 Å². The fourth-order valence-corrected chi connectivity index (χ4v) is 4.74. The molecular formula is C21H18N2O2. The molecular weight excluding hydrogens is 312 g/mol. The number of para-hydroxylation sites is 1. The summed E-state index contributed by atoms with van der Waals surface area (Å²) in [6, 6.07) is 18.5. The van der Waals surface area contributed by atoms with Crippen LogP contribution < -0.4 is 5.32 Å². The predicted molar refractivity (Wildman–Crippen MR) is 95.2 cm³/mol. The fraction of sp³-hybridized carbons (Fsp3) is 0.238. The first-order valence-electron chi connectivity index (χ1n) is 8.63. The molecule has 1 fully saturated rings. The van der Waals surface area contributed by atoms with Crippen molar-refractivity contribution in [2.75, 3.05) is 0 Å². The molecule has 4 nitrogen and oxygen atoms in total. The molecule has 0 saturated carbocycles. The molecule has 0 radical (unpaired) electrons. The van der Waals surface area contributed by atoms with Gasteiger partial charge in [0.2, 0.25) is 11.8 Å². The number of carbonyl (C=O) groups is 2. The number of hydrogen-bond donors (Lipinski definition) is 1. The molecule has 3 atom stereocenters. The van der Waals surface area contributed by atoms with E-state index in [0.29, 0.717) is 6.42 Å². The van der Waals surface area contributed by atoms with Crippen molar-refractivity contribution >= 4 is 22.7 Å². The summed E-state index contributed by atoms with van der Waals surface area (Å²) < 4.78 is 2.20. The highest BCUT2D eigenvalue weighted by atomic mass is 16.2. The zero-order valence-electron chi connectivity index (χ0n) is 13.9. The van der Waals surface area contributed by atoms with Crippen molar-refractivity contribution in [1.29, 1.82) is 0 Å². The minimum absolute atomic E-state index is 0.117. The Bertz CT molecular complexity index is 1020. The van der Waals surface area contributed by atoms with Gasteiger partial charge in [0.15, 0.2) is 0 Å². The first kappa shape index (κ1) is 14.5. The number of aryl methyl sites for hydroxylation is 1. The van der Waals surface area contributed by atoms with Crippen molar-refractivity contribution in [3.8, 4) is 0 Å². The van der Waals surface area contributed by atoms with E-state index in [-0.39, 0.29) is 29.6 Å². The van der Waals surface area contributed by atoms with Gasteiger partial charge in [-0.3, -0.25) is 14.9 Å². The smallest absolute Gasteiger partial charge is 0.235 e. The molecule has 0 bridgehead atoms. The normalized spacial score (nSPS) is 24.9. The van der Waals surface area contributed by atoms with E-state index in [1.807, 2.05) is 30.3 Å². The summed E-state index contributed by atoms with van der Waals surface area (Å²) in [5, 5.41) is 3.64. The number of benzene rings is 2. The first-order valence-corrected chi connectivity index (χ1v) is 8.63. The van der Waals surface area contributed by atoms with E-state index in [0.717, 1.165) is 16.5 Å². The molecule has 1 aromatic heterocycles. The highest BCUT2D eigenvalue weighted by Crippen LogP contribution is 2.50. The van der Waals surface area contributed by atoms with Gasteiger partial charge < -0.3 is 4.57 Å². The molecule has 1 N–H and O–H groups in total. The van der Waals surface area contributed by atoms with Gasteiger partial charge in [0.1, 0.15) is 0 Å². The molecule has 4 heteroatoms. The highest BCUT2D eigenvalue weighted by Gasteiger charge is 2.50. The Morgan fingerprint density at radius 1 is 0.960 bits per heavy atom. The van der Waals surface area contributed by atoms with Gasteiger partial charge in [-0.15, -0.1) is 0 Å². The van der Waals surface area contributed by atoms with E-state index in [1.165, 1.54) is 11.3 Å². The molecule has 2 aromatic carbocycles. The Morgan fingerprint density at radius 3 is 2.48 bits per heavy atom. The molecule has 2 aliphatic rings. The van der Waals surface area contributed by atoms with Gasteiger partial charge in [0.25, 0.3) is 0 Å². The average molecular weight is 330 g/mol. The number of aromatic nitrogens is 1. The maximum absolute atomic E-state index is 12.5. The molecule has 5 rings (SSSR count). The number of nitrogens with zero attached hydrogens (tertiary/aromatic N) is 1. The summed E-state index contributed by atoms with van der Waals surface area (Å²) in [7, 11) is 2.06. The van der Waals surface area contributed by atoms with Crippen molar-refractivity contribution in [1.82, 2.24) is 9.88 Å². The number of rotatable bonds is 1. The topological polar surface area (TPSA) is 51.1 Å². The predicted octanol–water partition coefficient (Wildman–Crippen LogP) is 3.07. The van der Waals surface area contributed by atoms with Crippen LogP contribution in [0.5, 0.6) is 0 Å². The van der Waals surface area contributed by atoms with Crippen molar-refractivity contribution in [2.24, 2.45) is 13.0 Å². The Hall–Kier alpha value is -2.88. The second-order valence-corrected chi connectivity index (χ2v) is 7.01. The lowest BCUT2D eigenvalue weighted by Gasteiger charge is -2.31. The van der Waals surface area contributed by atoms with E-state index >= 15 is 0 Å². The summed E-state index contributed by atoms with van der Waals surface area (Å²) >= 11 is 0. The van der Waals surface area contributed by atoms with Crippen molar-refractivity contribution in [3.05, 3.63) is 71.4 Å². The minimum Gasteiger partial charge on any atom is -0.347 e. The summed E-state index contributed by atoms with van der Waals surface area (Å²) in [6.07, 6.45) is 0.670. The van der Waals surface area contributed by atoms with Crippen LogP contribution in [0.15, 0.2) is 54.6 Å². The summed E-state index contributed by atoms with van der Waals surface area (Å²) in [4.78, 5) is 24.9. The van der Waals surface area contributed by atoms with Crippen LogP contribution in [0.3, 0.4) is 0 Å². The van der Waals surface area contributed by atoms with Crippen molar-refractivity contribution in [2.45, 2.75) is 18.3 Å². The Labute approximate surface area is 145 Å². The van der Waals surface area contributed by atoms with Crippen molar-refractivity contribution in [3.63, 3.8) is 0 Å². The maximum atomic E-state index is 12.5. The third-order valence-corrected chi connectivity index (χ3v) is 5.79. The van der Waals surface area contributed by atoms with Crippen molar-refractivity contribution < 1.29 is 9.59 Å². The zero-order valence-corrected chi connectivity index (χ0v) is 13.9. The third-order valence-electron chi connectivity index (χ3n) is 5.79. The van der Waals surface area contributed by atoms with Crippen LogP contribution in [0.4, 0.5) is 0 Å². The molecule has 2 amide bonds. The van der Waals surface area contributed by atoms with Crippen LogP contribution >= 0.6 is 0 Å². The van der Waals surface area contributed by atoms with Gasteiger partial charge in [-0.1, -0.05) is 48.5 Å². The molecule has 1 saturated heterocycles. The largest absolute Gasteiger partial charge is 0.347 e. The van der Waals surface area contributed by atoms with E-state index in [1.54, 1.807) is 0 Å². The van der Waals surface area contributed by atoms with Gasteiger partial charge in [-0.25, -0.2) is 0 Å². The maximum Gasteiger partial charge on any atom is 0.235 e. The summed E-state index contributed by atoms with van der Waals surface area (Å²) in [5.74, 6) is -0.815. The van der Waals surface area contributed by atoms with E-state index in [2.05, 4.69) is 41.2 Å². The number of carbonyl (C=O) groups excluding carboxylic acids is 2. The molecule has 1 aliphatic heterocycles. The number of nitrogens with one attached hydrogen (secondary N) is 1. The standard InChI is InChI=1S/C21H18N2O2/c1-23-16-10-6-5-9-13(16)17-18-15(20(24)22-21(18)25)11-14(19(17)23)12-7-3-2-4-8-12/h2-10,14-15,18H,11H2,1H3,(H,22,24,25). The number of hydrogen-bond acceptors (Lipinski definition) is 2. The number of amides is 2. The molecule has 25 heavy (non-hydrogen) atoms. The Kier molecular flexibility index (Phi) is 2.93. The third kappa shape index (κ3) is 1.88. The number of imide groups is 1. The Balaban J connectivity index is 1.84. The van der Waals surface area contributed by atoms with E-state index in [9.17, 15) is 9.59 Å². The molecule has 3 unspecified atom stereocenters. The van der Waals surface area contributed by atoms with E-state index < -0.39 is 0 Å². The zero-order chi connectivity index (χ0) is 17.1. The van der Waals surface area contributed by atoms with Gasteiger partial charge in [0.05, 0.1) is 11.8 Å². The highest BCUT2D eigenvalue weighted by molar-refractivity contribution is 6.10. The monoisotopic (exact) mass is 330 g/mol. The average Bonchev–Trinajstić information content (AvgIpc) is 3.10. The SMILES string of the molecule is Cn1c2c(c3ccccc31)C1C(=O)NC(=O)C1CC2c1ccccc1. The van der Waals surface area contributed by atoms with Crippen LogP contribution in [0.2, 0.25) is 0 Å². The lowest BCUT2D eigenvalue weighted by atomic mass is 9.71. The molecule has 3 aromatic rings. The lowest BCUT2D eigenvalue weighted by Crippen LogP contribution is -2.27.